The average molecular weight is 280 g/mol. The number of rotatable bonds is 5. The van der Waals surface area contributed by atoms with Gasteiger partial charge in [0.2, 0.25) is 5.91 Å². The summed E-state index contributed by atoms with van der Waals surface area (Å²) in [4.78, 5) is 11.8. The topological polar surface area (TPSA) is 51.5 Å². The van der Waals surface area contributed by atoms with Gasteiger partial charge in [0.15, 0.2) is 0 Å². The van der Waals surface area contributed by atoms with Crippen molar-refractivity contribution in [1.82, 2.24) is 0 Å². The maximum absolute atomic E-state index is 11.8. The summed E-state index contributed by atoms with van der Waals surface area (Å²) in [5, 5.41) is 3.32. The van der Waals surface area contributed by atoms with Crippen LogP contribution in [0.4, 0.5) is 5.69 Å². The van der Waals surface area contributed by atoms with Crippen LogP contribution < -0.4 is 10.1 Å². The molecule has 1 aromatic heterocycles. The van der Waals surface area contributed by atoms with Gasteiger partial charge in [-0.15, -0.1) is 0 Å². The fourth-order valence-electron chi connectivity index (χ4n) is 1.68. The molecule has 0 saturated carbocycles. The van der Waals surface area contributed by atoms with Gasteiger partial charge in [-0.1, -0.05) is 11.6 Å². The Hall–Kier alpha value is -1.94. The van der Waals surface area contributed by atoms with Crippen molar-refractivity contribution in [2.75, 3.05) is 12.4 Å². The van der Waals surface area contributed by atoms with E-state index in [9.17, 15) is 4.79 Å². The lowest BCUT2D eigenvalue weighted by molar-refractivity contribution is -0.116. The molecule has 0 aliphatic carbocycles. The summed E-state index contributed by atoms with van der Waals surface area (Å²) in [5.74, 6) is 1.25. The van der Waals surface area contributed by atoms with Crippen molar-refractivity contribution in [2.24, 2.45) is 0 Å². The van der Waals surface area contributed by atoms with E-state index < -0.39 is 0 Å². The van der Waals surface area contributed by atoms with Crippen molar-refractivity contribution in [3.63, 3.8) is 0 Å². The second-order valence-electron chi connectivity index (χ2n) is 3.97. The molecule has 4 nitrogen and oxygen atoms in total. The van der Waals surface area contributed by atoms with Crippen molar-refractivity contribution >= 4 is 23.2 Å². The molecule has 1 amide bonds. The third-order valence-electron chi connectivity index (χ3n) is 2.61. The predicted octanol–water partition coefficient (Wildman–Crippen LogP) is 3.51. The number of aryl methyl sites for hydroxylation is 1. The van der Waals surface area contributed by atoms with E-state index >= 15 is 0 Å². The van der Waals surface area contributed by atoms with Crippen LogP contribution in [0.3, 0.4) is 0 Å². The minimum Gasteiger partial charge on any atom is -0.495 e. The first kappa shape index (κ1) is 13.5. The standard InChI is InChI=1S/C14H14ClNO3/c1-18-13-6-4-10(15)9-12(13)16-14(17)7-5-11-3-2-8-19-11/h2-4,6,8-9H,5,7H2,1H3,(H,16,17). The number of anilines is 1. The SMILES string of the molecule is COc1ccc(Cl)cc1NC(=O)CCc1ccco1. The highest BCUT2D eigenvalue weighted by atomic mass is 35.5. The highest BCUT2D eigenvalue weighted by Crippen LogP contribution is 2.27. The number of carbonyl (C=O) groups excluding carboxylic acids is 1. The predicted molar refractivity (Wildman–Crippen MR) is 73.7 cm³/mol. The number of benzene rings is 1. The van der Waals surface area contributed by atoms with Gasteiger partial charge < -0.3 is 14.5 Å². The third kappa shape index (κ3) is 3.76. The Kier molecular flexibility index (Phi) is 4.47. The number of hydrogen-bond donors (Lipinski definition) is 1. The van der Waals surface area contributed by atoms with E-state index in [1.807, 2.05) is 6.07 Å². The summed E-state index contributed by atoms with van der Waals surface area (Å²) in [6, 6.07) is 8.72. The van der Waals surface area contributed by atoms with Crippen LogP contribution in [0.2, 0.25) is 5.02 Å². The van der Waals surface area contributed by atoms with Crippen LogP contribution in [0.25, 0.3) is 0 Å². The molecular formula is C14H14ClNO3. The van der Waals surface area contributed by atoms with E-state index in [-0.39, 0.29) is 5.91 Å². The molecule has 0 unspecified atom stereocenters. The lowest BCUT2D eigenvalue weighted by Crippen LogP contribution is -2.13. The van der Waals surface area contributed by atoms with Crippen LogP contribution in [0, 0.1) is 0 Å². The van der Waals surface area contributed by atoms with Crippen molar-refractivity contribution in [3.8, 4) is 5.75 Å². The van der Waals surface area contributed by atoms with Crippen LogP contribution in [0.5, 0.6) is 5.75 Å². The fourth-order valence-corrected chi connectivity index (χ4v) is 1.85. The number of methoxy groups -OCH3 is 1. The molecule has 0 aliphatic rings. The van der Waals surface area contributed by atoms with E-state index in [1.54, 1.807) is 37.6 Å². The van der Waals surface area contributed by atoms with E-state index in [4.69, 9.17) is 20.8 Å². The van der Waals surface area contributed by atoms with E-state index in [1.165, 1.54) is 0 Å². The van der Waals surface area contributed by atoms with Gasteiger partial charge >= 0.3 is 0 Å². The molecule has 2 rings (SSSR count). The van der Waals surface area contributed by atoms with Gasteiger partial charge in [-0.3, -0.25) is 4.79 Å². The van der Waals surface area contributed by atoms with Gasteiger partial charge in [0, 0.05) is 17.9 Å². The summed E-state index contributed by atoms with van der Waals surface area (Å²) < 4.78 is 10.3. The summed E-state index contributed by atoms with van der Waals surface area (Å²) in [6.45, 7) is 0. The number of carbonyl (C=O) groups is 1. The Morgan fingerprint density at radius 2 is 2.26 bits per heavy atom. The van der Waals surface area contributed by atoms with Crippen LogP contribution in [0.15, 0.2) is 41.0 Å². The van der Waals surface area contributed by atoms with Gasteiger partial charge in [0.25, 0.3) is 0 Å². The summed E-state index contributed by atoms with van der Waals surface area (Å²) in [7, 11) is 1.54. The van der Waals surface area contributed by atoms with E-state index in [0.29, 0.717) is 29.3 Å². The number of halogens is 1. The molecule has 1 heterocycles. The zero-order valence-corrected chi connectivity index (χ0v) is 11.2. The smallest absolute Gasteiger partial charge is 0.224 e. The molecule has 0 saturated heterocycles. The summed E-state index contributed by atoms with van der Waals surface area (Å²) in [6.07, 6.45) is 2.48. The highest BCUT2D eigenvalue weighted by Gasteiger charge is 2.09. The molecule has 0 radical (unpaired) electrons. The Morgan fingerprint density at radius 1 is 1.42 bits per heavy atom. The number of furan rings is 1. The number of amides is 1. The molecule has 19 heavy (non-hydrogen) atoms. The molecule has 2 aromatic rings. The highest BCUT2D eigenvalue weighted by molar-refractivity contribution is 6.31. The number of nitrogens with one attached hydrogen (secondary N) is 1. The molecule has 1 aromatic carbocycles. The lowest BCUT2D eigenvalue weighted by Gasteiger charge is -2.10. The molecule has 0 fully saturated rings. The van der Waals surface area contributed by atoms with Crippen molar-refractivity contribution in [3.05, 3.63) is 47.4 Å². The summed E-state index contributed by atoms with van der Waals surface area (Å²) >= 11 is 5.89. The van der Waals surface area contributed by atoms with Gasteiger partial charge in [-0.25, -0.2) is 0 Å². The monoisotopic (exact) mass is 279 g/mol. The van der Waals surface area contributed by atoms with Crippen molar-refractivity contribution in [1.29, 1.82) is 0 Å². The molecule has 5 heteroatoms. The fraction of sp³-hybridized carbons (Fsp3) is 0.214. The van der Waals surface area contributed by atoms with Gasteiger partial charge in [-0.2, -0.15) is 0 Å². The maximum Gasteiger partial charge on any atom is 0.224 e. The molecule has 0 spiro atoms. The van der Waals surface area contributed by atoms with Gasteiger partial charge in [0.1, 0.15) is 11.5 Å². The van der Waals surface area contributed by atoms with Crippen LogP contribution in [0.1, 0.15) is 12.2 Å². The quantitative estimate of drug-likeness (QED) is 0.911. The minimum absolute atomic E-state index is 0.114. The van der Waals surface area contributed by atoms with E-state index in [0.717, 1.165) is 5.76 Å². The van der Waals surface area contributed by atoms with Crippen LogP contribution >= 0.6 is 11.6 Å². The average Bonchev–Trinajstić information content (AvgIpc) is 2.90. The molecule has 1 N–H and O–H groups in total. The Balaban J connectivity index is 1.96. The zero-order valence-electron chi connectivity index (χ0n) is 10.5. The lowest BCUT2D eigenvalue weighted by atomic mass is 10.2. The second kappa shape index (κ2) is 6.29. The summed E-state index contributed by atoms with van der Waals surface area (Å²) in [5.41, 5.74) is 0.569. The Bertz CT molecular complexity index is 552. The van der Waals surface area contributed by atoms with Crippen molar-refractivity contribution in [2.45, 2.75) is 12.8 Å². The molecular weight excluding hydrogens is 266 g/mol. The van der Waals surface area contributed by atoms with Crippen LogP contribution in [-0.2, 0) is 11.2 Å². The first-order chi connectivity index (χ1) is 9.19. The normalized spacial score (nSPS) is 10.2. The Labute approximate surface area is 116 Å². The second-order valence-corrected chi connectivity index (χ2v) is 4.41. The molecule has 100 valence electrons. The van der Waals surface area contributed by atoms with E-state index in [2.05, 4.69) is 5.32 Å². The number of ether oxygens (including phenoxy) is 1. The first-order valence-electron chi connectivity index (χ1n) is 5.85. The largest absolute Gasteiger partial charge is 0.495 e. The van der Waals surface area contributed by atoms with Gasteiger partial charge in [0.05, 0.1) is 19.1 Å². The zero-order chi connectivity index (χ0) is 13.7. The van der Waals surface area contributed by atoms with Gasteiger partial charge in [-0.05, 0) is 30.3 Å². The Morgan fingerprint density at radius 3 is 2.95 bits per heavy atom. The molecule has 0 aliphatic heterocycles. The van der Waals surface area contributed by atoms with Crippen LogP contribution in [-0.4, -0.2) is 13.0 Å². The molecule has 0 atom stereocenters. The van der Waals surface area contributed by atoms with Crippen molar-refractivity contribution < 1.29 is 13.9 Å². The minimum atomic E-state index is -0.114. The maximum atomic E-state index is 11.8. The molecule has 0 bridgehead atoms. The third-order valence-corrected chi connectivity index (χ3v) is 2.85. The number of hydrogen-bond acceptors (Lipinski definition) is 3. The first-order valence-corrected chi connectivity index (χ1v) is 6.22.